The molecule has 0 amide bonds. The Bertz CT molecular complexity index is 670. The number of nitrogens with one attached hydrogen (secondary N) is 1. The van der Waals surface area contributed by atoms with Gasteiger partial charge in [0.1, 0.15) is 11.6 Å². The molecule has 1 N–H and O–H groups in total. The fourth-order valence-electron chi connectivity index (χ4n) is 2.90. The Labute approximate surface area is 151 Å². The molecular formula is C17H31N5O2S. The number of rotatable bonds is 7. The number of hydrogen-bond acceptors (Lipinski definition) is 6. The van der Waals surface area contributed by atoms with E-state index in [-0.39, 0.29) is 0 Å². The highest BCUT2D eigenvalue weighted by atomic mass is 32.2. The van der Waals surface area contributed by atoms with Crippen molar-refractivity contribution in [2.45, 2.75) is 45.6 Å². The number of likely N-dealkylation sites (N-methyl/N-ethyl adjacent to an activating group) is 1. The molecule has 1 saturated heterocycles. The van der Waals surface area contributed by atoms with Gasteiger partial charge in [-0.1, -0.05) is 13.8 Å². The van der Waals surface area contributed by atoms with Crippen LogP contribution in [0.2, 0.25) is 0 Å². The Morgan fingerprint density at radius 1 is 1.32 bits per heavy atom. The van der Waals surface area contributed by atoms with Crippen LogP contribution in [0.3, 0.4) is 0 Å². The maximum Gasteiger partial charge on any atom is 0.210 e. The number of aromatic nitrogens is 2. The first-order valence-electron chi connectivity index (χ1n) is 8.92. The SMILES string of the molecule is Cc1cc(N2CCC(NCCN(C)S(C)(=O)=O)CC2)nc(C(C)C)n1. The predicted molar refractivity (Wildman–Crippen MR) is 102 cm³/mol. The number of anilines is 1. The molecule has 0 aromatic carbocycles. The summed E-state index contributed by atoms with van der Waals surface area (Å²) in [5.74, 6) is 2.25. The van der Waals surface area contributed by atoms with Crippen LogP contribution in [-0.2, 0) is 10.0 Å². The average Bonchev–Trinajstić information content (AvgIpc) is 2.54. The Morgan fingerprint density at radius 2 is 1.96 bits per heavy atom. The molecule has 1 aliphatic heterocycles. The number of hydrogen-bond donors (Lipinski definition) is 1. The topological polar surface area (TPSA) is 78.4 Å². The molecule has 0 saturated carbocycles. The van der Waals surface area contributed by atoms with E-state index < -0.39 is 10.0 Å². The third kappa shape index (κ3) is 5.90. The molecule has 7 nitrogen and oxygen atoms in total. The van der Waals surface area contributed by atoms with Crippen molar-refractivity contribution in [3.8, 4) is 0 Å². The van der Waals surface area contributed by atoms with E-state index in [1.807, 2.05) is 6.92 Å². The summed E-state index contributed by atoms with van der Waals surface area (Å²) >= 11 is 0. The molecule has 1 aromatic heterocycles. The van der Waals surface area contributed by atoms with Gasteiger partial charge in [0.05, 0.1) is 6.26 Å². The Hall–Kier alpha value is -1.25. The van der Waals surface area contributed by atoms with Gasteiger partial charge in [-0.15, -0.1) is 0 Å². The van der Waals surface area contributed by atoms with Crippen LogP contribution in [0.5, 0.6) is 0 Å². The van der Waals surface area contributed by atoms with E-state index in [2.05, 4.69) is 35.1 Å². The van der Waals surface area contributed by atoms with Crippen molar-refractivity contribution in [2.24, 2.45) is 0 Å². The molecule has 8 heteroatoms. The van der Waals surface area contributed by atoms with E-state index in [9.17, 15) is 8.42 Å². The Balaban J connectivity index is 1.84. The minimum atomic E-state index is -3.09. The first-order valence-corrected chi connectivity index (χ1v) is 10.8. The minimum absolute atomic E-state index is 0.324. The third-order valence-electron chi connectivity index (χ3n) is 4.62. The quantitative estimate of drug-likeness (QED) is 0.782. The highest BCUT2D eigenvalue weighted by Gasteiger charge is 2.21. The summed E-state index contributed by atoms with van der Waals surface area (Å²) in [7, 11) is -1.48. The van der Waals surface area contributed by atoms with Gasteiger partial charge in [-0.3, -0.25) is 0 Å². The fraction of sp³-hybridized carbons (Fsp3) is 0.765. The van der Waals surface area contributed by atoms with Gasteiger partial charge >= 0.3 is 0 Å². The summed E-state index contributed by atoms with van der Waals surface area (Å²) in [6.07, 6.45) is 3.30. The minimum Gasteiger partial charge on any atom is -0.356 e. The largest absolute Gasteiger partial charge is 0.356 e. The van der Waals surface area contributed by atoms with Gasteiger partial charge in [0.2, 0.25) is 10.0 Å². The summed E-state index contributed by atoms with van der Waals surface area (Å²) in [4.78, 5) is 11.6. The highest BCUT2D eigenvalue weighted by molar-refractivity contribution is 7.88. The van der Waals surface area contributed by atoms with E-state index in [0.717, 1.165) is 43.3 Å². The van der Waals surface area contributed by atoms with Crippen LogP contribution in [0.4, 0.5) is 5.82 Å². The smallest absolute Gasteiger partial charge is 0.210 e. The molecule has 1 aliphatic rings. The van der Waals surface area contributed by atoms with Crippen molar-refractivity contribution in [1.29, 1.82) is 0 Å². The van der Waals surface area contributed by atoms with Crippen LogP contribution < -0.4 is 10.2 Å². The summed E-state index contributed by atoms with van der Waals surface area (Å²) in [6, 6.07) is 2.48. The van der Waals surface area contributed by atoms with Gasteiger partial charge in [-0.05, 0) is 19.8 Å². The molecular weight excluding hydrogens is 338 g/mol. The molecule has 1 fully saturated rings. The molecule has 1 aromatic rings. The molecule has 2 rings (SSSR count). The normalized spacial score (nSPS) is 16.8. The lowest BCUT2D eigenvalue weighted by Gasteiger charge is -2.33. The monoisotopic (exact) mass is 369 g/mol. The second kappa shape index (κ2) is 8.42. The second-order valence-corrected chi connectivity index (χ2v) is 9.27. The summed E-state index contributed by atoms with van der Waals surface area (Å²) < 4.78 is 24.2. The van der Waals surface area contributed by atoms with Gasteiger partial charge in [0.15, 0.2) is 0 Å². The molecule has 0 radical (unpaired) electrons. The number of aryl methyl sites for hydroxylation is 1. The zero-order chi connectivity index (χ0) is 18.6. The van der Waals surface area contributed by atoms with Gasteiger partial charge in [-0.25, -0.2) is 22.7 Å². The standard InChI is InChI=1S/C17H31N5O2S/c1-13(2)17-19-14(3)12-16(20-17)22-9-6-15(7-10-22)18-8-11-21(4)25(5,23)24/h12-13,15,18H,6-11H2,1-5H3. The van der Waals surface area contributed by atoms with Crippen molar-refractivity contribution in [3.63, 3.8) is 0 Å². The van der Waals surface area contributed by atoms with Crippen molar-refractivity contribution in [3.05, 3.63) is 17.6 Å². The maximum atomic E-state index is 11.4. The van der Waals surface area contributed by atoms with E-state index in [4.69, 9.17) is 4.98 Å². The fourth-order valence-corrected chi connectivity index (χ4v) is 3.32. The van der Waals surface area contributed by atoms with E-state index >= 15 is 0 Å². The zero-order valence-electron chi connectivity index (χ0n) is 16.0. The Kier molecular flexibility index (Phi) is 6.76. The lowest BCUT2D eigenvalue weighted by molar-refractivity contribution is 0.389. The molecule has 0 bridgehead atoms. The molecule has 0 spiro atoms. The van der Waals surface area contributed by atoms with Crippen LogP contribution in [0.25, 0.3) is 0 Å². The van der Waals surface area contributed by atoms with Crippen molar-refractivity contribution in [2.75, 3.05) is 44.4 Å². The van der Waals surface area contributed by atoms with Crippen LogP contribution >= 0.6 is 0 Å². The highest BCUT2D eigenvalue weighted by Crippen LogP contribution is 2.21. The number of nitrogens with zero attached hydrogens (tertiary/aromatic N) is 4. The molecule has 142 valence electrons. The maximum absolute atomic E-state index is 11.4. The van der Waals surface area contributed by atoms with Gasteiger partial charge < -0.3 is 10.2 Å². The lowest BCUT2D eigenvalue weighted by atomic mass is 10.0. The first kappa shape index (κ1) is 20.1. The molecule has 0 aliphatic carbocycles. The van der Waals surface area contributed by atoms with Crippen LogP contribution in [0, 0.1) is 6.92 Å². The lowest BCUT2D eigenvalue weighted by Crippen LogP contribution is -2.45. The van der Waals surface area contributed by atoms with Gasteiger partial charge in [-0.2, -0.15) is 0 Å². The van der Waals surface area contributed by atoms with Gasteiger partial charge in [0, 0.05) is 56.9 Å². The van der Waals surface area contributed by atoms with Gasteiger partial charge in [0.25, 0.3) is 0 Å². The number of sulfonamides is 1. The third-order valence-corrected chi connectivity index (χ3v) is 5.93. The van der Waals surface area contributed by atoms with Crippen molar-refractivity contribution >= 4 is 15.8 Å². The summed E-state index contributed by atoms with van der Waals surface area (Å²) in [5, 5.41) is 3.47. The van der Waals surface area contributed by atoms with E-state index in [0.29, 0.717) is 25.0 Å². The predicted octanol–water partition coefficient (Wildman–Crippen LogP) is 1.36. The summed E-state index contributed by atoms with van der Waals surface area (Å²) in [6.45, 7) is 9.33. The zero-order valence-corrected chi connectivity index (χ0v) is 16.8. The molecule has 25 heavy (non-hydrogen) atoms. The van der Waals surface area contributed by atoms with Crippen LogP contribution in [0.15, 0.2) is 6.07 Å². The molecule has 2 heterocycles. The molecule has 0 unspecified atom stereocenters. The summed E-state index contributed by atoms with van der Waals surface area (Å²) in [5.41, 5.74) is 1.01. The number of piperidine rings is 1. The second-order valence-electron chi connectivity index (χ2n) is 7.18. The van der Waals surface area contributed by atoms with Crippen molar-refractivity contribution < 1.29 is 8.42 Å². The molecule has 0 atom stereocenters. The van der Waals surface area contributed by atoms with E-state index in [1.54, 1.807) is 7.05 Å². The first-order chi connectivity index (χ1) is 11.7. The van der Waals surface area contributed by atoms with Crippen LogP contribution in [0.1, 0.15) is 44.1 Å². The average molecular weight is 370 g/mol. The van der Waals surface area contributed by atoms with Crippen molar-refractivity contribution in [1.82, 2.24) is 19.6 Å². The van der Waals surface area contributed by atoms with Crippen LogP contribution in [-0.4, -0.2) is 68.2 Å². The Morgan fingerprint density at radius 3 is 2.52 bits per heavy atom. The van der Waals surface area contributed by atoms with E-state index in [1.165, 1.54) is 10.6 Å².